The first-order valence-electron chi connectivity index (χ1n) is 6.22. The Morgan fingerprint density at radius 3 is 2.74 bits per heavy atom. The fourth-order valence-electron chi connectivity index (χ4n) is 2.25. The molecule has 1 aliphatic rings. The van der Waals surface area contributed by atoms with Crippen molar-refractivity contribution in [3.63, 3.8) is 0 Å². The zero-order valence-electron chi connectivity index (χ0n) is 10.9. The van der Waals surface area contributed by atoms with Crippen molar-refractivity contribution >= 4 is 5.91 Å². The van der Waals surface area contributed by atoms with Gasteiger partial charge in [0.2, 0.25) is 5.91 Å². The standard InChI is InChI=1S/C15H17NO3/c1-3-13-14(17)8-9-15(18)16(13)10-11-4-6-12(19-2)7-5-11/h1,4-7,13-14,17H,8-10H2,2H3/t13-,14-/m0/s1. The Hall–Kier alpha value is -1.99. The Balaban J connectivity index is 2.14. The van der Waals surface area contributed by atoms with Gasteiger partial charge in [-0.25, -0.2) is 0 Å². The number of aliphatic hydroxyl groups is 1. The lowest BCUT2D eigenvalue weighted by molar-refractivity contribution is -0.140. The van der Waals surface area contributed by atoms with Gasteiger partial charge in [0.1, 0.15) is 11.8 Å². The van der Waals surface area contributed by atoms with Crippen LogP contribution < -0.4 is 4.74 Å². The number of methoxy groups -OCH3 is 1. The molecule has 0 aliphatic carbocycles. The number of rotatable bonds is 3. The van der Waals surface area contributed by atoms with Gasteiger partial charge < -0.3 is 14.7 Å². The lowest BCUT2D eigenvalue weighted by Crippen LogP contribution is -2.49. The summed E-state index contributed by atoms with van der Waals surface area (Å²) in [4.78, 5) is 13.5. The average molecular weight is 259 g/mol. The number of aliphatic hydroxyl groups excluding tert-OH is 1. The van der Waals surface area contributed by atoms with E-state index in [1.807, 2.05) is 24.3 Å². The van der Waals surface area contributed by atoms with Crippen LogP contribution in [0.4, 0.5) is 0 Å². The minimum atomic E-state index is -0.638. The lowest BCUT2D eigenvalue weighted by atomic mass is 9.98. The maximum atomic E-state index is 11.9. The van der Waals surface area contributed by atoms with Gasteiger partial charge in [-0.05, 0) is 24.1 Å². The Bertz CT molecular complexity index is 489. The molecule has 1 aromatic carbocycles. The third kappa shape index (κ3) is 2.88. The first-order chi connectivity index (χ1) is 9.15. The summed E-state index contributed by atoms with van der Waals surface area (Å²) in [6.45, 7) is 0.411. The van der Waals surface area contributed by atoms with Crippen molar-refractivity contribution in [1.29, 1.82) is 0 Å². The van der Waals surface area contributed by atoms with Gasteiger partial charge in [-0.15, -0.1) is 6.42 Å². The van der Waals surface area contributed by atoms with E-state index in [2.05, 4.69) is 5.92 Å². The van der Waals surface area contributed by atoms with Crippen LogP contribution in [0.2, 0.25) is 0 Å². The number of hydrogen-bond donors (Lipinski definition) is 1. The Morgan fingerprint density at radius 1 is 1.47 bits per heavy atom. The van der Waals surface area contributed by atoms with Crippen molar-refractivity contribution in [1.82, 2.24) is 4.90 Å². The number of piperidine rings is 1. The lowest BCUT2D eigenvalue weighted by Gasteiger charge is -2.36. The van der Waals surface area contributed by atoms with Crippen molar-refractivity contribution in [3.8, 4) is 18.1 Å². The maximum Gasteiger partial charge on any atom is 0.224 e. The van der Waals surface area contributed by atoms with Gasteiger partial charge in [-0.2, -0.15) is 0 Å². The summed E-state index contributed by atoms with van der Waals surface area (Å²) in [5.41, 5.74) is 0.962. The van der Waals surface area contributed by atoms with Crippen molar-refractivity contribution in [3.05, 3.63) is 29.8 Å². The zero-order valence-corrected chi connectivity index (χ0v) is 10.9. The number of benzene rings is 1. The number of amides is 1. The van der Waals surface area contributed by atoms with Crippen molar-refractivity contribution in [2.24, 2.45) is 0 Å². The molecule has 1 fully saturated rings. The highest BCUT2D eigenvalue weighted by molar-refractivity contribution is 5.78. The van der Waals surface area contributed by atoms with Crippen LogP contribution in [0.3, 0.4) is 0 Å². The van der Waals surface area contributed by atoms with Crippen LogP contribution in [-0.2, 0) is 11.3 Å². The fraction of sp³-hybridized carbons (Fsp3) is 0.400. The molecule has 0 radical (unpaired) electrons. The first-order valence-corrected chi connectivity index (χ1v) is 6.22. The number of ether oxygens (including phenoxy) is 1. The van der Waals surface area contributed by atoms with Gasteiger partial charge in [0.05, 0.1) is 13.2 Å². The van der Waals surface area contributed by atoms with Crippen LogP contribution in [0, 0.1) is 12.3 Å². The summed E-state index contributed by atoms with van der Waals surface area (Å²) in [6.07, 6.45) is 5.56. The molecule has 100 valence electrons. The largest absolute Gasteiger partial charge is 0.497 e. The molecular formula is C15H17NO3. The van der Waals surface area contributed by atoms with E-state index in [-0.39, 0.29) is 5.91 Å². The zero-order chi connectivity index (χ0) is 13.8. The molecule has 0 aromatic heterocycles. The molecule has 1 N–H and O–H groups in total. The Labute approximate surface area is 113 Å². The predicted octanol–water partition coefficient (Wildman–Crippen LogP) is 1.18. The van der Waals surface area contributed by atoms with Gasteiger partial charge in [0.15, 0.2) is 0 Å². The number of likely N-dealkylation sites (tertiary alicyclic amines) is 1. The molecule has 0 unspecified atom stereocenters. The number of terminal acetylenes is 1. The molecule has 0 saturated carbocycles. The summed E-state index contributed by atoms with van der Waals surface area (Å²) in [5, 5.41) is 9.86. The van der Waals surface area contributed by atoms with E-state index in [9.17, 15) is 9.90 Å². The van der Waals surface area contributed by atoms with E-state index >= 15 is 0 Å². The topological polar surface area (TPSA) is 49.8 Å². The van der Waals surface area contributed by atoms with Crippen molar-refractivity contribution < 1.29 is 14.6 Å². The third-order valence-electron chi connectivity index (χ3n) is 3.36. The molecule has 0 spiro atoms. The van der Waals surface area contributed by atoms with E-state index in [1.165, 1.54) is 0 Å². The van der Waals surface area contributed by atoms with Crippen LogP contribution in [-0.4, -0.2) is 35.2 Å². The number of carbonyl (C=O) groups is 1. The second-order valence-corrected chi connectivity index (χ2v) is 4.59. The predicted molar refractivity (Wildman–Crippen MR) is 71.4 cm³/mol. The number of carbonyl (C=O) groups excluding carboxylic acids is 1. The SMILES string of the molecule is C#C[C@H]1[C@@H](O)CCC(=O)N1Cc1ccc(OC)cc1. The molecule has 2 rings (SSSR count). The monoisotopic (exact) mass is 259 g/mol. The van der Waals surface area contributed by atoms with Crippen LogP contribution in [0.1, 0.15) is 18.4 Å². The minimum Gasteiger partial charge on any atom is -0.497 e. The second kappa shape index (κ2) is 5.77. The van der Waals surface area contributed by atoms with E-state index < -0.39 is 12.1 Å². The molecule has 1 saturated heterocycles. The summed E-state index contributed by atoms with van der Waals surface area (Å²) in [5.74, 6) is 3.26. The fourth-order valence-corrected chi connectivity index (χ4v) is 2.25. The van der Waals surface area contributed by atoms with Crippen molar-refractivity contribution in [2.75, 3.05) is 7.11 Å². The smallest absolute Gasteiger partial charge is 0.224 e. The average Bonchev–Trinajstić information content (AvgIpc) is 2.44. The van der Waals surface area contributed by atoms with Crippen LogP contribution >= 0.6 is 0 Å². The molecular weight excluding hydrogens is 242 g/mol. The third-order valence-corrected chi connectivity index (χ3v) is 3.36. The first kappa shape index (κ1) is 13.4. The van der Waals surface area contributed by atoms with Gasteiger partial charge in [-0.3, -0.25) is 4.79 Å². The highest BCUT2D eigenvalue weighted by Crippen LogP contribution is 2.22. The Morgan fingerprint density at radius 2 is 2.16 bits per heavy atom. The van der Waals surface area contributed by atoms with Gasteiger partial charge in [0.25, 0.3) is 0 Å². The summed E-state index contributed by atoms with van der Waals surface area (Å²) < 4.78 is 5.09. The normalized spacial score (nSPS) is 23.0. The molecule has 4 heteroatoms. The molecule has 1 heterocycles. The van der Waals surface area contributed by atoms with Crippen LogP contribution in [0.5, 0.6) is 5.75 Å². The number of hydrogen-bond acceptors (Lipinski definition) is 3. The summed E-state index contributed by atoms with van der Waals surface area (Å²) in [7, 11) is 1.61. The van der Waals surface area contributed by atoms with Crippen molar-refractivity contribution in [2.45, 2.75) is 31.5 Å². The quantitative estimate of drug-likeness (QED) is 0.829. The molecule has 19 heavy (non-hydrogen) atoms. The molecule has 2 atom stereocenters. The van der Waals surface area contributed by atoms with Gasteiger partial charge >= 0.3 is 0 Å². The highest BCUT2D eigenvalue weighted by Gasteiger charge is 2.33. The van der Waals surface area contributed by atoms with E-state index in [1.54, 1.807) is 12.0 Å². The van der Waals surface area contributed by atoms with E-state index in [0.29, 0.717) is 19.4 Å². The van der Waals surface area contributed by atoms with E-state index in [0.717, 1.165) is 11.3 Å². The molecule has 4 nitrogen and oxygen atoms in total. The Kier molecular flexibility index (Phi) is 4.08. The molecule has 1 amide bonds. The highest BCUT2D eigenvalue weighted by atomic mass is 16.5. The molecule has 0 bridgehead atoms. The second-order valence-electron chi connectivity index (χ2n) is 4.59. The maximum absolute atomic E-state index is 11.9. The molecule has 1 aliphatic heterocycles. The molecule has 1 aromatic rings. The van der Waals surface area contributed by atoms with Gasteiger partial charge in [0, 0.05) is 13.0 Å². The minimum absolute atomic E-state index is 0.0101. The summed E-state index contributed by atoms with van der Waals surface area (Å²) in [6, 6.07) is 6.92. The summed E-state index contributed by atoms with van der Waals surface area (Å²) >= 11 is 0. The van der Waals surface area contributed by atoms with Gasteiger partial charge in [-0.1, -0.05) is 18.1 Å². The number of nitrogens with zero attached hydrogens (tertiary/aromatic N) is 1. The van der Waals surface area contributed by atoms with Crippen LogP contribution in [0.25, 0.3) is 0 Å². The van der Waals surface area contributed by atoms with Crippen LogP contribution in [0.15, 0.2) is 24.3 Å². The van der Waals surface area contributed by atoms with E-state index in [4.69, 9.17) is 11.2 Å².